The third-order valence-corrected chi connectivity index (χ3v) is 6.53. The molecule has 0 saturated heterocycles. The summed E-state index contributed by atoms with van der Waals surface area (Å²) in [6.45, 7) is 6.37. The van der Waals surface area contributed by atoms with Crippen LogP contribution in [0.1, 0.15) is 58.6 Å². The Bertz CT molecular complexity index is 974. The van der Waals surface area contributed by atoms with E-state index in [0.29, 0.717) is 23.3 Å². The summed E-state index contributed by atoms with van der Waals surface area (Å²) in [6.07, 6.45) is 2.15. The second kappa shape index (κ2) is 7.35. The van der Waals surface area contributed by atoms with Crippen LogP contribution in [0.15, 0.2) is 60.7 Å². The Morgan fingerprint density at radius 3 is 2.25 bits per heavy atom. The third kappa shape index (κ3) is 3.17. The zero-order valence-corrected chi connectivity index (χ0v) is 16.8. The van der Waals surface area contributed by atoms with Crippen LogP contribution in [0.4, 0.5) is 0 Å². The zero-order chi connectivity index (χ0) is 19.8. The van der Waals surface area contributed by atoms with Crippen LogP contribution in [0.25, 0.3) is 0 Å². The van der Waals surface area contributed by atoms with Crippen molar-refractivity contribution in [3.63, 3.8) is 0 Å². The van der Waals surface area contributed by atoms with E-state index < -0.39 is 0 Å². The maximum absolute atomic E-state index is 10.6. The monoisotopic (exact) mass is 372 g/mol. The number of hydrogen-bond acceptors (Lipinski definition) is 2. The third-order valence-electron chi connectivity index (χ3n) is 6.53. The van der Waals surface area contributed by atoms with Crippen molar-refractivity contribution in [1.82, 2.24) is 0 Å². The molecule has 3 aromatic rings. The average Bonchev–Trinajstić information content (AvgIpc) is 2.97. The van der Waals surface area contributed by atoms with Crippen LogP contribution in [0, 0.1) is 19.8 Å². The van der Waals surface area contributed by atoms with E-state index >= 15 is 0 Å². The number of hydrogen-bond donors (Lipinski definition) is 2. The molecule has 4 rings (SSSR count). The zero-order valence-electron chi connectivity index (χ0n) is 16.8. The molecule has 1 aliphatic rings. The van der Waals surface area contributed by atoms with Gasteiger partial charge in [-0.05, 0) is 84.0 Å². The first-order valence-electron chi connectivity index (χ1n) is 10.1. The van der Waals surface area contributed by atoms with Crippen LogP contribution in [0.5, 0.6) is 11.5 Å². The molecule has 0 unspecified atom stereocenters. The molecule has 0 aromatic heterocycles. The van der Waals surface area contributed by atoms with Crippen molar-refractivity contribution >= 4 is 0 Å². The summed E-state index contributed by atoms with van der Waals surface area (Å²) in [5.41, 5.74) is 7.20. The molecule has 144 valence electrons. The van der Waals surface area contributed by atoms with Crippen molar-refractivity contribution in [1.29, 1.82) is 0 Å². The number of benzene rings is 3. The summed E-state index contributed by atoms with van der Waals surface area (Å²) in [6, 6.07) is 20.4. The molecule has 2 heteroatoms. The standard InChI is InChI=1S/C26H28O2/c1-16-15-23-22(14-9-19-7-5-4-6-8-19)17(2)24(25(23)18(3)26(16)28)20-10-12-21(27)13-11-20/h4-8,10-13,15,17,22,24,27-28H,9,14H2,1-3H3/t17-,22+,24+/m0/s1. The first-order valence-corrected chi connectivity index (χ1v) is 10.1. The molecule has 3 atom stereocenters. The SMILES string of the molecule is Cc1cc2c(c(C)c1O)[C@@H](c1ccc(O)cc1)[C@@H](C)[C@H]2CCc1ccccc1. The highest BCUT2D eigenvalue weighted by molar-refractivity contribution is 5.57. The minimum Gasteiger partial charge on any atom is -0.508 e. The van der Waals surface area contributed by atoms with Gasteiger partial charge in [-0.3, -0.25) is 0 Å². The number of fused-ring (bicyclic) bond motifs is 1. The van der Waals surface area contributed by atoms with Crippen LogP contribution in [0.2, 0.25) is 0 Å². The lowest BCUT2D eigenvalue weighted by Crippen LogP contribution is -2.11. The Labute approximate surface area is 167 Å². The fourth-order valence-corrected chi connectivity index (χ4v) is 5.05. The quantitative estimate of drug-likeness (QED) is 0.571. The van der Waals surface area contributed by atoms with Gasteiger partial charge in [-0.2, -0.15) is 0 Å². The van der Waals surface area contributed by atoms with Gasteiger partial charge in [0, 0.05) is 5.92 Å². The van der Waals surface area contributed by atoms with Gasteiger partial charge in [0.25, 0.3) is 0 Å². The van der Waals surface area contributed by atoms with Gasteiger partial charge >= 0.3 is 0 Å². The van der Waals surface area contributed by atoms with Gasteiger partial charge in [-0.1, -0.05) is 55.5 Å². The summed E-state index contributed by atoms with van der Waals surface area (Å²) in [7, 11) is 0. The number of rotatable bonds is 4. The molecule has 0 saturated carbocycles. The molecule has 3 aromatic carbocycles. The summed E-state index contributed by atoms with van der Waals surface area (Å²) < 4.78 is 0. The Hall–Kier alpha value is -2.74. The smallest absolute Gasteiger partial charge is 0.121 e. The van der Waals surface area contributed by atoms with E-state index in [2.05, 4.69) is 43.3 Å². The predicted octanol–water partition coefficient (Wildman–Crippen LogP) is 6.21. The van der Waals surface area contributed by atoms with Crippen molar-refractivity contribution in [2.75, 3.05) is 0 Å². The Morgan fingerprint density at radius 2 is 1.57 bits per heavy atom. The largest absolute Gasteiger partial charge is 0.508 e. The topological polar surface area (TPSA) is 40.5 Å². The first kappa shape index (κ1) is 18.6. The van der Waals surface area contributed by atoms with E-state index in [9.17, 15) is 10.2 Å². The highest BCUT2D eigenvalue weighted by Gasteiger charge is 2.40. The van der Waals surface area contributed by atoms with Gasteiger partial charge in [-0.25, -0.2) is 0 Å². The molecule has 0 radical (unpaired) electrons. The lowest BCUT2D eigenvalue weighted by atomic mass is 9.81. The van der Waals surface area contributed by atoms with Gasteiger partial charge in [0.1, 0.15) is 11.5 Å². The van der Waals surface area contributed by atoms with Crippen LogP contribution in [-0.4, -0.2) is 10.2 Å². The molecular weight excluding hydrogens is 344 g/mol. The number of phenolic OH excluding ortho intramolecular Hbond substituents is 2. The normalized spacial score (nSPS) is 20.9. The minimum atomic E-state index is 0.239. The van der Waals surface area contributed by atoms with Crippen molar-refractivity contribution in [3.05, 3.63) is 94.0 Å². The van der Waals surface area contributed by atoms with Crippen LogP contribution < -0.4 is 0 Å². The van der Waals surface area contributed by atoms with Crippen LogP contribution >= 0.6 is 0 Å². The fourth-order valence-electron chi connectivity index (χ4n) is 5.05. The number of phenols is 2. The van der Waals surface area contributed by atoms with Crippen LogP contribution in [-0.2, 0) is 6.42 Å². The van der Waals surface area contributed by atoms with Crippen molar-refractivity contribution < 1.29 is 10.2 Å². The molecular formula is C26H28O2. The summed E-state index contributed by atoms with van der Waals surface area (Å²) in [5.74, 6) is 1.83. The molecule has 1 aliphatic carbocycles. The number of aryl methyl sites for hydroxylation is 2. The first-order chi connectivity index (χ1) is 13.5. The lowest BCUT2D eigenvalue weighted by Gasteiger charge is -2.22. The molecule has 2 nitrogen and oxygen atoms in total. The maximum Gasteiger partial charge on any atom is 0.121 e. The maximum atomic E-state index is 10.6. The van der Waals surface area contributed by atoms with Crippen molar-refractivity contribution in [2.45, 2.75) is 45.4 Å². The Kier molecular flexibility index (Phi) is 4.89. The van der Waals surface area contributed by atoms with E-state index in [0.717, 1.165) is 24.0 Å². The molecule has 0 amide bonds. The van der Waals surface area contributed by atoms with Gasteiger partial charge in [-0.15, -0.1) is 0 Å². The average molecular weight is 373 g/mol. The van der Waals surface area contributed by atoms with Gasteiger partial charge < -0.3 is 10.2 Å². The molecule has 0 bridgehead atoms. The van der Waals surface area contributed by atoms with Crippen molar-refractivity contribution in [2.24, 2.45) is 5.92 Å². The molecule has 0 fully saturated rings. The summed E-state index contributed by atoms with van der Waals surface area (Å²) in [5, 5.41) is 20.3. The second-order valence-electron chi connectivity index (χ2n) is 8.23. The van der Waals surface area contributed by atoms with Gasteiger partial charge in [0.2, 0.25) is 0 Å². The van der Waals surface area contributed by atoms with E-state index in [4.69, 9.17) is 0 Å². The fraction of sp³-hybridized carbons (Fsp3) is 0.308. The number of aromatic hydroxyl groups is 2. The molecule has 0 aliphatic heterocycles. The summed E-state index contributed by atoms with van der Waals surface area (Å²) >= 11 is 0. The van der Waals surface area contributed by atoms with E-state index in [1.165, 1.54) is 22.3 Å². The Morgan fingerprint density at radius 1 is 0.893 bits per heavy atom. The highest BCUT2D eigenvalue weighted by atomic mass is 16.3. The predicted molar refractivity (Wildman–Crippen MR) is 114 cm³/mol. The van der Waals surface area contributed by atoms with E-state index in [1.807, 2.05) is 26.0 Å². The highest BCUT2D eigenvalue weighted by Crippen LogP contribution is 2.54. The second-order valence-corrected chi connectivity index (χ2v) is 8.23. The Balaban J connectivity index is 1.76. The molecule has 0 heterocycles. The lowest BCUT2D eigenvalue weighted by molar-refractivity contribution is 0.433. The molecule has 0 spiro atoms. The molecule has 28 heavy (non-hydrogen) atoms. The molecule has 2 N–H and O–H groups in total. The van der Waals surface area contributed by atoms with E-state index in [1.54, 1.807) is 12.1 Å². The van der Waals surface area contributed by atoms with E-state index in [-0.39, 0.29) is 5.92 Å². The van der Waals surface area contributed by atoms with Crippen molar-refractivity contribution in [3.8, 4) is 11.5 Å². The summed E-state index contributed by atoms with van der Waals surface area (Å²) in [4.78, 5) is 0. The van der Waals surface area contributed by atoms with Crippen LogP contribution in [0.3, 0.4) is 0 Å². The minimum absolute atomic E-state index is 0.239. The van der Waals surface area contributed by atoms with Gasteiger partial charge in [0.15, 0.2) is 0 Å². The van der Waals surface area contributed by atoms with Gasteiger partial charge in [0.05, 0.1) is 0 Å².